The molecule has 0 radical (unpaired) electrons. The summed E-state index contributed by atoms with van der Waals surface area (Å²) in [6, 6.07) is 1.69. The molecular weight excluding hydrogens is 276 g/mol. The lowest BCUT2D eigenvalue weighted by atomic mass is 9.85. The van der Waals surface area contributed by atoms with E-state index in [1.54, 1.807) is 13.0 Å². The normalized spacial score (nSPS) is 16.7. The first-order valence-corrected chi connectivity index (χ1v) is 6.90. The number of ether oxygens (including phenoxy) is 1. The molecule has 0 atom stereocenters. The standard InChI is InChI=1S/C13H18N4O2S/c1-8-7-9(19-2)16-12(15-8)17-11(18)13(10(14)20)5-3-4-6-13/h7H,3-6H2,1-2H3,(H2,14,20)(H,15,16,17,18). The lowest BCUT2D eigenvalue weighted by Gasteiger charge is -2.25. The van der Waals surface area contributed by atoms with Crippen molar-refractivity contribution < 1.29 is 9.53 Å². The highest BCUT2D eigenvalue weighted by Gasteiger charge is 2.44. The Hall–Kier alpha value is -1.76. The zero-order valence-electron chi connectivity index (χ0n) is 11.6. The molecule has 0 unspecified atom stereocenters. The SMILES string of the molecule is COc1cc(C)nc(NC(=O)C2(C(N)=S)CCCC2)n1. The van der Waals surface area contributed by atoms with Gasteiger partial charge in [-0.15, -0.1) is 0 Å². The number of nitrogens with zero attached hydrogens (tertiary/aromatic N) is 2. The van der Waals surface area contributed by atoms with Crippen LogP contribution in [0.2, 0.25) is 0 Å². The van der Waals surface area contributed by atoms with Crippen LogP contribution in [0.5, 0.6) is 5.88 Å². The summed E-state index contributed by atoms with van der Waals surface area (Å²) in [7, 11) is 1.51. The summed E-state index contributed by atoms with van der Waals surface area (Å²) in [5.41, 5.74) is 5.72. The van der Waals surface area contributed by atoms with Gasteiger partial charge >= 0.3 is 0 Å². The summed E-state index contributed by atoms with van der Waals surface area (Å²) in [6.07, 6.45) is 3.25. The first-order valence-electron chi connectivity index (χ1n) is 6.49. The maximum Gasteiger partial charge on any atom is 0.239 e. The van der Waals surface area contributed by atoms with E-state index in [0.29, 0.717) is 24.4 Å². The number of aromatic nitrogens is 2. The fourth-order valence-electron chi connectivity index (χ4n) is 2.49. The average molecular weight is 294 g/mol. The van der Waals surface area contributed by atoms with Gasteiger partial charge in [-0.1, -0.05) is 25.1 Å². The predicted molar refractivity (Wildman–Crippen MR) is 79.6 cm³/mol. The first-order chi connectivity index (χ1) is 9.48. The van der Waals surface area contributed by atoms with E-state index in [-0.39, 0.29) is 16.8 Å². The first kappa shape index (κ1) is 14.6. The van der Waals surface area contributed by atoms with Crippen LogP contribution in [0.25, 0.3) is 0 Å². The minimum absolute atomic E-state index is 0.217. The zero-order chi connectivity index (χ0) is 14.8. The van der Waals surface area contributed by atoms with E-state index in [1.807, 2.05) is 0 Å². The Bertz CT molecular complexity index is 541. The predicted octanol–water partition coefficient (Wildman–Crippen LogP) is 1.58. The highest BCUT2D eigenvalue weighted by atomic mass is 32.1. The van der Waals surface area contributed by atoms with Gasteiger partial charge in [0.05, 0.1) is 17.5 Å². The minimum atomic E-state index is -0.768. The van der Waals surface area contributed by atoms with Crippen molar-refractivity contribution in [3.8, 4) is 5.88 Å². The molecular formula is C13H18N4O2S. The van der Waals surface area contributed by atoms with E-state index in [1.165, 1.54) is 7.11 Å². The van der Waals surface area contributed by atoms with Crippen molar-refractivity contribution in [2.75, 3.05) is 12.4 Å². The van der Waals surface area contributed by atoms with Crippen molar-refractivity contribution in [3.05, 3.63) is 11.8 Å². The Morgan fingerprint density at radius 1 is 1.45 bits per heavy atom. The van der Waals surface area contributed by atoms with Gasteiger partial charge < -0.3 is 10.5 Å². The monoisotopic (exact) mass is 294 g/mol. The number of nitrogens with one attached hydrogen (secondary N) is 1. The number of amides is 1. The van der Waals surface area contributed by atoms with Gasteiger partial charge in [0.25, 0.3) is 0 Å². The van der Waals surface area contributed by atoms with Crippen LogP contribution in [0.1, 0.15) is 31.4 Å². The van der Waals surface area contributed by atoms with Crippen LogP contribution in [0.3, 0.4) is 0 Å². The van der Waals surface area contributed by atoms with E-state index in [2.05, 4.69) is 15.3 Å². The Labute approximate surface area is 123 Å². The summed E-state index contributed by atoms with van der Waals surface area (Å²) in [5, 5.41) is 2.71. The Balaban J connectivity index is 2.22. The van der Waals surface area contributed by atoms with Crippen molar-refractivity contribution in [3.63, 3.8) is 0 Å². The number of thiocarbonyl (C=S) groups is 1. The molecule has 1 aromatic rings. The zero-order valence-corrected chi connectivity index (χ0v) is 12.4. The van der Waals surface area contributed by atoms with Crippen LogP contribution in [-0.4, -0.2) is 28.0 Å². The third-order valence-electron chi connectivity index (χ3n) is 3.63. The number of nitrogens with two attached hydrogens (primary N) is 1. The molecule has 7 heteroatoms. The van der Waals surface area contributed by atoms with Gasteiger partial charge in [0, 0.05) is 11.8 Å². The van der Waals surface area contributed by atoms with Crippen molar-refractivity contribution in [1.82, 2.24) is 9.97 Å². The van der Waals surface area contributed by atoms with Gasteiger partial charge in [0.2, 0.25) is 17.7 Å². The van der Waals surface area contributed by atoms with Crippen molar-refractivity contribution in [2.45, 2.75) is 32.6 Å². The van der Waals surface area contributed by atoms with E-state index in [0.717, 1.165) is 12.8 Å². The number of carbonyl (C=O) groups is 1. The highest BCUT2D eigenvalue weighted by molar-refractivity contribution is 7.80. The Kier molecular flexibility index (Phi) is 4.17. The quantitative estimate of drug-likeness (QED) is 0.819. The van der Waals surface area contributed by atoms with Crippen LogP contribution in [0, 0.1) is 12.3 Å². The smallest absolute Gasteiger partial charge is 0.239 e. The molecule has 1 amide bonds. The van der Waals surface area contributed by atoms with E-state index >= 15 is 0 Å². The van der Waals surface area contributed by atoms with Gasteiger partial charge in [-0.2, -0.15) is 4.98 Å². The molecule has 0 aromatic carbocycles. The van der Waals surface area contributed by atoms with Crippen molar-refractivity contribution in [2.24, 2.45) is 11.1 Å². The van der Waals surface area contributed by atoms with Gasteiger partial charge in [0.1, 0.15) is 0 Å². The number of rotatable bonds is 4. The lowest BCUT2D eigenvalue weighted by Crippen LogP contribution is -2.44. The Morgan fingerprint density at radius 2 is 2.10 bits per heavy atom. The largest absolute Gasteiger partial charge is 0.481 e. The molecule has 1 saturated carbocycles. The molecule has 1 aliphatic rings. The van der Waals surface area contributed by atoms with E-state index < -0.39 is 5.41 Å². The second kappa shape index (κ2) is 5.70. The van der Waals surface area contributed by atoms with Crippen molar-refractivity contribution in [1.29, 1.82) is 0 Å². The highest BCUT2D eigenvalue weighted by Crippen LogP contribution is 2.39. The van der Waals surface area contributed by atoms with Crippen LogP contribution in [-0.2, 0) is 4.79 Å². The molecule has 2 rings (SSSR count). The summed E-state index contributed by atoms with van der Waals surface area (Å²) in [4.78, 5) is 21.0. The van der Waals surface area contributed by atoms with E-state index in [4.69, 9.17) is 22.7 Å². The maximum atomic E-state index is 12.5. The Morgan fingerprint density at radius 3 is 2.65 bits per heavy atom. The molecule has 0 aliphatic heterocycles. The topological polar surface area (TPSA) is 90.1 Å². The number of methoxy groups -OCH3 is 1. The van der Waals surface area contributed by atoms with Crippen LogP contribution in [0.4, 0.5) is 5.95 Å². The molecule has 1 fully saturated rings. The number of hydrogen-bond acceptors (Lipinski definition) is 5. The molecule has 0 bridgehead atoms. The number of hydrogen-bond donors (Lipinski definition) is 2. The molecule has 20 heavy (non-hydrogen) atoms. The number of aryl methyl sites for hydroxylation is 1. The summed E-state index contributed by atoms with van der Waals surface area (Å²) < 4.78 is 5.06. The molecule has 6 nitrogen and oxygen atoms in total. The fourth-order valence-corrected chi connectivity index (χ4v) is 2.78. The molecule has 0 spiro atoms. The molecule has 1 heterocycles. The molecule has 0 saturated heterocycles. The molecule has 108 valence electrons. The van der Waals surface area contributed by atoms with Crippen LogP contribution >= 0.6 is 12.2 Å². The van der Waals surface area contributed by atoms with Gasteiger partial charge in [-0.05, 0) is 19.8 Å². The molecule has 3 N–H and O–H groups in total. The van der Waals surface area contributed by atoms with Gasteiger partial charge in [0.15, 0.2) is 0 Å². The minimum Gasteiger partial charge on any atom is -0.481 e. The summed E-state index contributed by atoms with van der Waals surface area (Å²) >= 11 is 5.09. The van der Waals surface area contributed by atoms with Crippen molar-refractivity contribution >= 4 is 29.1 Å². The van der Waals surface area contributed by atoms with E-state index in [9.17, 15) is 4.79 Å². The third-order valence-corrected chi connectivity index (χ3v) is 4.02. The number of anilines is 1. The van der Waals surface area contributed by atoms with Gasteiger partial charge in [-0.25, -0.2) is 4.98 Å². The third kappa shape index (κ3) is 2.72. The maximum absolute atomic E-state index is 12.5. The lowest BCUT2D eigenvalue weighted by molar-refractivity contribution is -0.122. The summed E-state index contributed by atoms with van der Waals surface area (Å²) in [6.45, 7) is 1.80. The van der Waals surface area contributed by atoms with Gasteiger partial charge in [-0.3, -0.25) is 10.1 Å². The second-order valence-corrected chi connectivity index (χ2v) is 5.42. The molecule has 1 aliphatic carbocycles. The van der Waals surface area contributed by atoms with Crippen LogP contribution in [0.15, 0.2) is 6.07 Å². The average Bonchev–Trinajstić information content (AvgIpc) is 2.88. The summed E-state index contributed by atoms with van der Waals surface area (Å²) in [5.74, 6) is 0.396. The fraction of sp³-hybridized carbons (Fsp3) is 0.538. The molecule has 1 aromatic heterocycles. The van der Waals surface area contributed by atoms with Crippen LogP contribution < -0.4 is 15.8 Å². The second-order valence-electron chi connectivity index (χ2n) is 4.98. The number of carbonyl (C=O) groups excluding carboxylic acids is 1.